The van der Waals surface area contributed by atoms with Gasteiger partial charge < -0.3 is 4.90 Å². The molecule has 0 amide bonds. The highest BCUT2D eigenvalue weighted by atomic mass is 32.1. The van der Waals surface area contributed by atoms with Gasteiger partial charge >= 0.3 is 0 Å². The predicted octanol–water partition coefficient (Wildman–Crippen LogP) is 2.41. The summed E-state index contributed by atoms with van der Waals surface area (Å²) in [5, 5.41) is 6.90. The molecule has 1 aliphatic rings. The van der Waals surface area contributed by atoms with Crippen molar-refractivity contribution in [1.29, 1.82) is 0 Å². The van der Waals surface area contributed by atoms with Crippen LogP contribution in [0.4, 0.5) is 5.82 Å². The highest BCUT2D eigenvalue weighted by molar-refractivity contribution is 7.71. The number of aromatic nitrogens is 3. The number of benzene rings is 1. The van der Waals surface area contributed by atoms with Crippen LogP contribution in [0.5, 0.6) is 0 Å². The molecule has 0 saturated carbocycles. The fourth-order valence-electron chi connectivity index (χ4n) is 2.36. The van der Waals surface area contributed by atoms with Crippen molar-refractivity contribution in [2.24, 2.45) is 0 Å². The van der Waals surface area contributed by atoms with Crippen LogP contribution < -0.4 is 4.90 Å². The third kappa shape index (κ3) is 2.01. The van der Waals surface area contributed by atoms with Crippen molar-refractivity contribution < 1.29 is 0 Å². The molecule has 18 heavy (non-hydrogen) atoms. The Morgan fingerprint density at radius 3 is 2.89 bits per heavy atom. The van der Waals surface area contributed by atoms with Crippen LogP contribution in [0.25, 0.3) is 0 Å². The Hall–Kier alpha value is -1.75. The average Bonchev–Trinajstić information content (AvgIpc) is 2.41. The molecule has 0 unspecified atom stereocenters. The van der Waals surface area contributed by atoms with Gasteiger partial charge in [0, 0.05) is 13.1 Å². The van der Waals surface area contributed by atoms with Gasteiger partial charge in [-0.3, -0.25) is 5.10 Å². The molecule has 92 valence electrons. The normalized spacial score (nSPS) is 14.4. The molecule has 0 radical (unpaired) electrons. The van der Waals surface area contributed by atoms with E-state index in [1.54, 1.807) is 0 Å². The lowest BCUT2D eigenvalue weighted by atomic mass is 10.00. The second-order valence-corrected chi connectivity index (χ2v) is 4.88. The van der Waals surface area contributed by atoms with Gasteiger partial charge in [-0.1, -0.05) is 24.3 Å². The van der Waals surface area contributed by atoms with Gasteiger partial charge in [-0.2, -0.15) is 10.1 Å². The van der Waals surface area contributed by atoms with Crippen LogP contribution in [0.15, 0.2) is 24.3 Å². The van der Waals surface area contributed by atoms with E-state index in [2.05, 4.69) is 44.3 Å². The van der Waals surface area contributed by atoms with Crippen LogP contribution in [0.1, 0.15) is 16.8 Å². The fourth-order valence-corrected chi connectivity index (χ4v) is 2.49. The van der Waals surface area contributed by atoms with Gasteiger partial charge in [0.25, 0.3) is 0 Å². The molecule has 4 nitrogen and oxygen atoms in total. The maximum absolute atomic E-state index is 5.05. The van der Waals surface area contributed by atoms with E-state index in [0.717, 1.165) is 31.0 Å². The third-order valence-electron chi connectivity index (χ3n) is 3.28. The summed E-state index contributed by atoms with van der Waals surface area (Å²) in [5.41, 5.74) is 3.69. The number of nitrogens with zero attached hydrogens (tertiary/aromatic N) is 3. The lowest BCUT2D eigenvalue weighted by molar-refractivity contribution is 0.706. The first-order chi connectivity index (χ1) is 8.74. The quantitative estimate of drug-likeness (QED) is 0.798. The minimum Gasteiger partial charge on any atom is -0.350 e. The van der Waals surface area contributed by atoms with Crippen LogP contribution >= 0.6 is 12.2 Å². The summed E-state index contributed by atoms with van der Waals surface area (Å²) in [5.74, 6) is 0.897. The van der Waals surface area contributed by atoms with Crippen molar-refractivity contribution in [1.82, 2.24) is 15.2 Å². The second kappa shape index (κ2) is 4.49. The third-order valence-corrected chi connectivity index (χ3v) is 3.46. The molecule has 0 spiro atoms. The first kappa shape index (κ1) is 11.3. The molecular formula is C13H14N4S. The minimum atomic E-state index is 0.439. The predicted molar refractivity (Wildman–Crippen MR) is 73.1 cm³/mol. The van der Waals surface area contributed by atoms with Gasteiger partial charge in [0.05, 0.1) is 0 Å². The molecule has 1 N–H and O–H groups in total. The van der Waals surface area contributed by atoms with Gasteiger partial charge in [-0.25, -0.2) is 0 Å². The van der Waals surface area contributed by atoms with E-state index in [9.17, 15) is 0 Å². The molecule has 2 aromatic rings. The molecule has 3 rings (SSSR count). The largest absolute Gasteiger partial charge is 0.350 e. The van der Waals surface area contributed by atoms with Crippen molar-refractivity contribution in [2.45, 2.75) is 19.9 Å². The Balaban J connectivity index is 1.96. The molecule has 1 aromatic carbocycles. The number of hydrogen-bond acceptors (Lipinski definition) is 4. The molecular weight excluding hydrogens is 244 g/mol. The van der Waals surface area contributed by atoms with Gasteiger partial charge in [0.15, 0.2) is 5.82 Å². The SMILES string of the molecule is Cc1n[nH]c(=S)nc1N1CCc2ccccc2C1. The smallest absolute Gasteiger partial charge is 0.215 e. The second-order valence-electron chi connectivity index (χ2n) is 4.49. The first-order valence-electron chi connectivity index (χ1n) is 5.99. The maximum Gasteiger partial charge on any atom is 0.215 e. The van der Waals surface area contributed by atoms with E-state index < -0.39 is 0 Å². The topological polar surface area (TPSA) is 44.8 Å². The van der Waals surface area contributed by atoms with E-state index >= 15 is 0 Å². The van der Waals surface area contributed by atoms with Gasteiger partial charge in [0.1, 0.15) is 5.69 Å². The van der Waals surface area contributed by atoms with E-state index in [0.29, 0.717) is 4.77 Å². The number of aromatic amines is 1. The zero-order chi connectivity index (χ0) is 12.5. The summed E-state index contributed by atoms with van der Waals surface area (Å²) >= 11 is 5.05. The van der Waals surface area contributed by atoms with Gasteiger partial charge in [-0.15, -0.1) is 0 Å². The Bertz CT molecular complexity index is 635. The summed E-state index contributed by atoms with van der Waals surface area (Å²) in [6.07, 6.45) is 1.04. The molecule has 2 heterocycles. The fraction of sp³-hybridized carbons (Fsp3) is 0.308. The number of nitrogens with one attached hydrogen (secondary N) is 1. The standard InChI is InChI=1S/C13H14N4S/c1-9-12(14-13(18)16-15-9)17-7-6-10-4-2-3-5-11(10)8-17/h2-5H,6-8H2,1H3,(H,14,16,18). The Kier molecular flexibility index (Phi) is 2.83. The van der Waals surface area contributed by atoms with Crippen LogP contribution in [-0.2, 0) is 13.0 Å². The van der Waals surface area contributed by atoms with Crippen molar-refractivity contribution in [2.75, 3.05) is 11.4 Å². The highest BCUT2D eigenvalue weighted by Crippen LogP contribution is 2.23. The zero-order valence-corrected chi connectivity index (χ0v) is 11.0. The summed E-state index contributed by atoms with van der Waals surface area (Å²) in [6.45, 7) is 3.80. The summed E-state index contributed by atoms with van der Waals surface area (Å²) in [7, 11) is 0. The number of rotatable bonds is 1. The van der Waals surface area contributed by atoms with Crippen molar-refractivity contribution >= 4 is 18.0 Å². The number of aryl methyl sites for hydroxylation is 1. The number of hydrogen-bond donors (Lipinski definition) is 1. The van der Waals surface area contributed by atoms with Crippen molar-refractivity contribution in [3.8, 4) is 0 Å². The van der Waals surface area contributed by atoms with E-state index in [1.807, 2.05) is 6.92 Å². The molecule has 0 atom stereocenters. The monoisotopic (exact) mass is 258 g/mol. The molecule has 0 bridgehead atoms. The Labute approximate surface area is 111 Å². The lowest BCUT2D eigenvalue weighted by Crippen LogP contribution is -2.32. The summed E-state index contributed by atoms with van der Waals surface area (Å²) in [4.78, 5) is 6.64. The van der Waals surface area contributed by atoms with Crippen LogP contribution in [0.2, 0.25) is 0 Å². The minimum absolute atomic E-state index is 0.439. The van der Waals surface area contributed by atoms with Gasteiger partial charge in [0.2, 0.25) is 4.77 Å². The molecule has 0 fully saturated rings. The Morgan fingerprint density at radius 1 is 1.28 bits per heavy atom. The molecule has 0 aliphatic carbocycles. The van der Waals surface area contributed by atoms with Crippen LogP contribution in [0.3, 0.4) is 0 Å². The highest BCUT2D eigenvalue weighted by Gasteiger charge is 2.18. The number of fused-ring (bicyclic) bond motifs is 1. The lowest BCUT2D eigenvalue weighted by Gasteiger charge is -2.30. The molecule has 1 aliphatic heterocycles. The average molecular weight is 258 g/mol. The Morgan fingerprint density at radius 2 is 2.06 bits per heavy atom. The first-order valence-corrected chi connectivity index (χ1v) is 6.40. The number of H-pyrrole nitrogens is 1. The maximum atomic E-state index is 5.05. The number of anilines is 1. The van der Waals surface area contributed by atoms with Crippen LogP contribution in [-0.4, -0.2) is 21.7 Å². The molecule has 1 aromatic heterocycles. The summed E-state index contributed by atoms with van der Waals surface area (Å²) < 4.78 is 0.439. The molecule has 0 saturated heterocycles. The zero-order valence-electron chi connectivity index (χ0n) is 10.2. The molecule has 5 heteroatoms. The summed E-state index contributed by atoms with van der Waals surface area (Å²) in [6, 6.07) is 8.55. The van der Waals surface area contributed by atoms with E-state index in [-0.39, 0.29) is 0 Å². The van der Waals surface area contributed by atoms with Crippen LogP contribution in [0, 0.1) is 11.7 Å². The van der Waals surface area contributed by atoms with E-state index in [4.69, 9.17) is 12.2 Å². The van der Waals surface area contributed by atoms with Crippen molar-refractivity contribution in [3.63, 3.8) is 0 Å². The van der Waals surface area contributed by atoms with Gasteiger partial charge in [-0.05, 0) is 36.7 Å². The van der Waals surface area contributed by atoms with Crippen molar-refractivity contribution in [3.05, 3.63) is 45.9 Å². The van der Waals surface area contributed by atoms with E-state index in [1.165, 1.54) is 11.1 Å².